The molecule has 0 fully saturated rings. The fraction of sp³-hybridized carbons (Fsp3) is 0.263. The molecule has 25 heavy (non-hydrogen) atoms. The van der Waals surface area contributed by atoms with E-state index in [0.717, 1.165) is 17.7 Å². The van der Waals surface area contributed by atoms with Crippen LogP contribution in [0.3, 0.4) is 0 Å². The van der Waals surface area contributed by atoms with Gasteiger partial charge in [-0.05, 0) is 48.4 Å². The van der Waals surface area contributed by atoms with E-state index in [-0.39, 0.29) is 11.9 Å². The molecule has 2 aromatic rings. The van der Waals surface area contributed by atoms with Crippen LogP contribution >= 0.6 is 11.6 Å². The van der Waals surface area contributed by atoms with Crippen LogP contribution in [0.1, 0.15) is 22.3 Å². The number of hydrogen-bond donors (Lipinski definition) is 2. The van der Waals surface area contributed by atoms with Gasteiger partial charge in [-0.3, -0.25) is 4.79 Å². The smallest absolute Gasteiger partial charge is 0.337 e. The number of methoxy groups -OCH3 is 1. The second kappa shape index (κ2) is 9.69. The molecule has 0 aliphatic carbocycles. The molecule has 0 saturated carbocycles. The molecule has 0 unspecified atom stereocenters. The van der Waals surface area contributed by atoms with Gasteiger partial charge in [-0.15, -0.1) is 0 Å². The molecule has 0 aromatic heterocycles. The molecule has 0 atom stereocenters. The number of esters is 1. The largest absolute Gasteiger partial charge is 0.465 e. The Bertz CT molecular complexity index is 700. The van der Waals surface area contributed by atoms with E-state index in [1.807, 2.05) is 24.3 Å². The third kappa shape index (κ3) is 6.47. The summed E-state index contributed by atoms with van der Waals surface area (Å²) in [5.41, 5.74) is 2.48. The third-order valence-electron chi connectivity index (χ3n) is 3.64. The molecule has 0 spiro atoms. The first-order valence-corrected chi connectivity index (χ1v) is 8.39. The summed E-state index contributed by atoms with van der Waals surface area (Å²) in [6, 6.07) is 14.5. The van der Waals surface area contributed by atoms with Crippen molar-refractivity contribution in [3.63, 3.8) is 0 Å². The van der Waals surface area contributed by atoms with Crippen molar-refractivity contribution in [2.75, 3.05) is 25.5 Å². The van der Waals surface area contributed by atoms with Gasteiger partial charge in [-0.1, -0.05) is 23.7 Å². The zero-order chi connectivity index (χ0) is 18.1. The fourth-order valence-electron chi connectivity index (χ4n) is 2.25. The molecule has 2 N–H and O–H groups in total. The zero-order valence-electron chi connectivity index (χ0n) is 14.0. The third-order valence-corrected chi connectivity index (χ3v) is 3.89. The molecule has 132 valence electrons. The number of halogens is 1. The van der Waals surface area contributed by atoms with Gasteiger partial charge in [0.05, 0.1) is 12.7 Å². The molecule has 5 nitrogen and oxygen atoms in total. The van der Waals surface area contributed by atoms with Gasteiger partial charge in [0.15, 0.2) is 0 Å². The number of anilines is 1. The second-order valence-electron chi connectivity index (χ2n) is 5.47. The van der Waals surface area contributed by atoms with Crippen molar-refractivity contribution in [2.45, 2.75) is 12.8 Å². The molecule has 6 heteroatoms. The highest BCUT2D eigenvalue weighted by atomic mass is 35.5. The first kappa shape index (κ1) is 18.8. The molecule has 1 amide bonds. The minimum atomic E-state index is -0.369. The van der Waals surface area contributed by atoms with Gasteiger partial charge in [0.1, 0.15) is 0 Å². The average Bonchev–Trinajstić information content (AvgIpc) is 2.63. The predicted molar refractivity (Wildman–Crippen MR) is 99.1 cm³/mol. The monoisotopic (exact) mass is 360 g/mol. The molecule has 2 rings (SSSR count). The maximum Gasteiger partial charge on any atom is 0.337 e. The van der Waals surface area contributed by atoms with Crippen molar-refractivity contribution in [3.05, 3.63) is 64.7 Å². The lowest BCUT2D eigenvalue weighted by atomic mass is 10.1. The summed E-state index contributed by atoms with van der Waals surface area (Å²) in [4.78, 5) is 23.2. The highest BCUT2D eigenvalue weighted by Gasteiger charge is 2.05. The summed E-state index contributed by atoms with van der Waals surface area (Å²) >= 11 is 5.84. The van der Waals surface area contributed by atoms with Crippen molar-refractivity contribution >= 4 is 29.2 Å². The molecule has 0 bridgehead atoms. The Labute approximate surface area is 152 Å². The van der Waals surface area contributed by atoms with Gasteiger partial charge in [0.2, 0.25) is 5.91 Å². The molecular formula is C19H21ClN2O3. The fourth-order valence-corrected chi connectivity index (χ4v) is 2.37. The maximum atomic E-state index is 11.8. The Balaban J connectivity index is 1.64. The predicted octanol–water partition coefficient (Wildman–Crippen LogP) is 3.29. The summed E-state index contributed by atoms with van der Waals surface area (Å²) in [6.45, 7) is 1.11. The summed E-state index contributed by atoms with van der Waals surface area (Å²) in [7, 11) is 1.35. The lowest BCUT2D eigenvalue weighted by molar-refractivity contribution is -0.120. The van der Waals surface area contributed by atoms with Crippen LogP contribution in [-0.4, -0.2) is 32.1 Å². The molecule has 0 aliphatic rings. The lowest BCUT2D eigenvalue weighted by Gasteiger charge is -2.08. The zero-order valence-corrected chi connectivity index (χ0v) is 14.8. The van der Waals surface area contributed by atoms with E-state index in [0.29, 0.717) is 30.1 Å². The van der Waals surface area contributed by atoms with Gasteiger partial charge in [0, 0.05) is 30.2 Å². The number of amides is 1. The van der Waals surface area contributed by atoms with Gasteiger partial charge < -0.3 is 15.4 Å². The summed E-state index contributed by atoms with van der Waals surface area (Å²) < 4.78 is 4.65. The van der Waals surface area contributed by atoms with Crippen LogP contribution in [0.15, 0.2) is 48.5 Å². The van der Waals surface area contributed by atoms with E-state index < -0.39 is 0 Å². The van der Waals surface area contributed by atoms with E-state index in [1.54, 1.807) is 24.3 Å². The first-order valence-electron chi connectivity index (χ1n) is 8.02. The van der Waals surface area contributed by atoms with Gasteiger partial charge in [0.25, 0.3) is 0 Å². The Morgan fingerprint density at radius 3 is 2.32 bits per heavy atom. The number of ether oxygens (including phenoxy) is 1. The molecule has 0 radical (unpaired) electrons. The molecule has 0 saturated heterocycles. The van der Waals surface area contributed by atoms with E-state index >= 15 is 0 Å². The van der Waals surface area contributed by atoms with Crippen molar-refractivity contribution in [2.24, 2.45) is 0 Å². The maximum absolute atomic E-state index is 11.8. The van der Waals surface area contributed by atoms with Crippen molar-refractivity contribution in [1.82, 2.24) is 5.32 Å². The van der Waals surface area contributed by atoms with E-state index in [4.69, 9.17) is 11.6 Å². The van der Waals surface area contributed by atoms with Crippen LogP contribution in [0.5, 0.6) is 0 Å². The summed E-state index contributed by atoms with van der Waals surface area (Å²) in [5, 5.41) is 6.74. The van der Waals surface area contributed by atoms with Gasteiger partial charge in [-0.2, -0.15) is 0 Å². The number of hydrogen-bond acceptors (Lipinski definition) is 4. The first-order chi connectivity index (χ1) is 12.1. The van der Waals surface area contributed by atoms with Crippen LogP contribution in [0.25, 0.3) is 0 Å². The lowest BCUT2D eigenvalue weighted by Crippen LogP contribution is -2.27. The highest BCUT2D eigenvalue weighted by molar-refractivity contribution is 6.30. The Morgan fingerprint density at radius 1 is 1.00 bits per heavy atom. The van der Waals surface area contributed by atoms with Crippen LogP contribution in [0.4, 0.5) is 5.69 Å². The summed E-state index contributed by atoms with van der Waals surface area (Å²) in [5.74, 6) is -0.376. The number of benzene rings is 2. The van der Waals surface area contributed by atoms with Crippen LogP contribution in [0.2, 0.25) is 5.02 Å². The number of carbonyl (C=O) groups is 2. The average molecular weight is 361 g/mol. The molecule has 2 aromatic carbocycles. The Kier molecular flexibility index (Phi) is 7.29. The van der Waals surface area contributed by atoms with E-state index in [1.165, 1.54) is 7.11 Å². The standard InChI is InChI=1S/C19H21ClN2O3/c1-25-19(24)15-4-8-17(9-5-15)21-13-11-18(23)22-12-10-14-2-6-16(20)7-3-14/h2-9,21H,10-13H2,1H3,(H,22,23). The highest BCUT2D eigenvalue weighted by Crippen LogP contribution is 2.11. The SMILES string of the molecule is COC(=O)c1ccc(NCCC(=O)NCCc2ccc(Cl)cc2)cc1. The van der Waals surface area contributed by atoms with Crippen LogP contribution in [0, 0.1) is 0 Å². The Morgan fingerprint density at radius 2 is 1.68 bits per heavy atom. The van der Waals surface area contributed by atoms with E-state index in [2.05, 4.69) is 15.4 Å². The Hall–Kier alpha value is -2.53. The quantitative estimate of drug-likeness (QED) is 0.709. The summed E-state index contributed by atoms with van der Waals surface area (Å²) in [6.07, 6.45) is 1.14. The van der Waals surface area contributed by atoms with Crippen molar-refractivity contribution in [3.8, 4) is 0 Å². The van der Waals surface area contributed by atoms with Gasteiger partial charge >= 0.3 is 5.97 Å². The molecule has 0 heterocycles. The van der Waals surface area contributed by atoms with Crippen LogP contribution < -0.4 is 10.6 Å². The van der Waals surface area contributed by atoms with E-state index in [9.17, 15) is 9.59 Å². The normalized spacial score (nSPS) is 10.2. The van der Waals surface area contributed by atoms with Crippen molar-refractivity contribution < 1.29 is 14.3 Å². The number of rotatable bonds is 8. The minimum Gasteiger partial charge on any atom is -0.465 e. The minimum absolute atomic E-state index is 0.00681. The van der Waals surface area contributed by atoms with Gasteiger partial charge in [-0.25, -0.2) is 4.79 Å². The molecule has 0 aliphatic heterocycles. The number of nitrogens with one attached hydrogen (secondary N) is 2. The van der Waals surface area contributed by atoms with Crippen molar-refractivity contribution in [1.29, 1.82) is 0 Å². The van der Waals surface area contributed by atoms with Crippen LogP contribution in [-0.2, 0) is 16.0 Å². The topological polar surface area (TPSA) is 67.4 Å². The second-order valence-corrected chi connectivity index (χ2v) is 5.91. The number of carbonyl (C=O) groups excluding carboxylic acids is 2. The molecular weight excluding hydrogens is 340 g/mol.